The molecule has 3 aromatic rings. The van der Waals surface area contributed by atoms with Crippen molar-refractivity contribution in [3.05, 3.63) is 88.4 Å². The van der Waals surface area contributed by atoms with Crippen LogP contribution in [0.5, 0.6) is 5.75 Å². The molecule has 0 bridgehead atoms. The lowest BCUT2D eigenvalue weighted by Gasteiger charge is -2.38. The second kappa shape index (κ2) is 8.80. The highest BCUT2D eigenvalue weighted by Gasteiger charge is 2.34. The van der Waals surface area contributed by atoms with Gasteiger partial charge in [-0.15, -0.1) is 0 Å². The van der Waals surface area contributed by atoms with Crippen molar-refractivity contribution in [1.29, 1.82) is 0 Å². The van der Waals surface area contributed by atoms with Gasteiger partial charge in [0.1, 0.15) is 11.9 Å². The molecule has 1 atom stereocenters. The average Bonchev–Trinajstić information content (AvgIpc) is 2.76. The predicted octanol–water partition coefficient (Wildman–Crippen LogP) is 6.60. The fraction of sp³-hybridized carbons (Fsp3) is 0.240. The molecule has 0 spiro atoms. The predicted molar refractivity (Wildman–Crippen MR) is 123 cm³/mol. The second-order valence-corrected chi connectivity index (χ2v) is 7.88. The molecule has 3 aromatic carbocycles. The number of hydrogen-bond acceptors (Lipinski definition) is 3. The first-order valence-electron chi connectivity index (χ1n) is 10.3. The van der Waals surface area contributed by atoms with Crippen LogP contribution in [0, 0.1) is 6.92 Å². The number of nitrogens with zero attached hydrogens (tertiary/aromatic N) is 1. The maximum Gasteiger partial charge on any atom is 0.262 e. The van der Waals surface area contributed by atoms with Crippen LogP contribution in [-0.4, -0.2) is 12.5 Å². The Hall–Kier alpha value is -2.98. The lowest BCUT2D eigenvalue weighted by molar-refractivity contribution is 0.0975. The molecular formula is C25H25ClN2O2. The van der Waals surface area contributed by atoms with Crippen LogP contribution in [0.4, 0.5) is 11.4 Å². The molecule has 0 aromatic heterocycles. The number of unbranched alkanes of at least 4 members (excludes halogenated alkanes) is 1. The zero-order valence-corrected chi connectivity index (χ0v) is 17.9. The Labute approximate surface area is 182 Å². The van der Waals surface area contributed by atoms with Gasteiger partial charge in [-0.2, -0.15) is 0 Å². The van der Waals surface area contributed by atoms with Crippen molar-refractivity contribution in [2.45, 2.75) is 32.9 Å². The Morgan fingerprint density at radius 3 is 2.57 bits per heavy atom. The number of ether oxygens (including phenoxy) is 1. The molecule has 0 unspecified atom stereocenters. The maximum absolute atomic E-state index is 13.5. The summed E-state index contributed by atoms with van der Waals surface area (Å²) in [5.41, 5.74) is 4.17. The molecule has 1 heterocycles. The van der Waals surface area contributed by atoms with Crippen LogP contribution in [0.25, 0.3) is 0 Å². The Morgan fingerprint density at radius 1 is 1.07 bits per heavy atom. The van der Waals surface area contributed by atoms with Crippen molar-refractivity contribution in [2.75, 3.05) is 16.8 Å². The number of para-hydroxylation sites is 1. The van der Waals surface area contributed by atoms with E-state index in [0.717, 1.165) is 41.1 Å². The maximum atomic E-state index is 13.5. The van der Waals surface area contributed by atoms with Crippen molar-refractivity contribution < 1.29 is 9.53 Å². The number of fused-ring (bicyclic) bond motifs is 1. The quantitative estimate of drug-likeness (QED) is 0.457. The van der Waals surface area contributed by atoms with E-state index in [4.69, 9.17) is 16.3 Å². The third kappa shape index (κ3) is 4.01. The number of amides is 1. The Bertz CT molecular complexity index is 1050. The van der Waals surface area contributed by atoms with Crippen LogP contribution in [0.3, 0.4) is 0 Å². The molecule has 5 heteroatoms. The van der Waals surface area contributed by atoms with Gasteiger partial charge < -0.3 is 10.1 Å². The summed E-state index contributed by atoms with van der Waals surface area (Å²) < 4.78 is 5.79. The summed E-state index contributed by atoms with van der Waals surface area (Å²) in [5, 5.41) is 4.16. The fourth-order valence-corrected chi connectivity index (χ4v) is 3.74. The normalized spacial score (nSPS) is 15.5. The second-order valence-electron chi connectivity index (χ2n) is 7.47. The van der Waals surface area contributed by atoms with Gasteiger partial charge in [-0.25, -0.2) is 0 Å². The summed E-state index contributed by atoms with van der Waals surface area (Å²) in [5.74, 6) is 0.775. The van der Waals surface area contributed by atoms with E-state index in [1.54, 1.807) is 4.90 Å². The number of nitrogens with one attached hydrogen (secondary N) is 1. The van der Waals surface area contributed by atoms with Crippen LogP contribution in [0.1, 0.15) is 47.4 Å². The SMILES string of the molecule is CCCCOc1ccc([C@H]2Nc3ccccc3C(=O)N2c2ccc(C)c(Cl)c2)cc1. The van der Waals surface area contributed by atoms with Crippen molar-refractivity contribution in [2.24, 2.45) is 0 Å². The summed E-state index contributed by atoms with van der Waals surface area (Å²) in [6.07, 6.45) is 1.77. The molecule has 0 saturated heterocycles. The third-order valence-electron chi connectivity index (χ3n) is 5.32. The fourth-order valence-electron chi connectivity index (χ4n) is 3.57. The Kier molecular flexibility index (Phi) is 5.96. The molecule has 0 saturated carbocycles. The highest BCUT2D eigenvalue weighted by atomic mass is 35.5. The third-order valence-corrected chi connectivity index (χ3v) is 5.73. The van der Waals surface area contributed by atoms with E-state index < -0.39 is 0 Å². The van der Waals surface area contributed by atoms with Crippen LogP contribution in [0.15, 0.2) is 66.7 Å². The molecule has 30 heavy (non-hydrogen) atoms. The van der Waals surface area contributed by atoms with E-state index >= 15 is 0 Å². The van der Waals surface area contributed by atoms with Gasteiger partial charge in [-0.3, -0.25) is 9.69 Å². The highest BCUT2D eigenvalue weighted by Crippen LogP contribution is 2.38. The number of anilines is 2. The Balaban J connectivity index is 1.71. The number of carbonyl (C=O) groups excluding carboxylic acids is 1. The van der Waals surface area contributed by atoms with E-state index in [0.29, 0.717) is 17.2 Å². The minimum absolute atomic E-state index is 0.0578. The van der Waals surface area contributed by atoms with Gasteiger partial charge in [0, 0.05) is 16.4 Å². The van der Waals surface area contributed by atoms with E-state index in [1.165, 1.54) is 0 Å². The van der Waals surface area contributed by atoms with Gasteiger partial charge in [0.05, 0.1) is 12.2 Å². The van der Waals surface area contributed by atoms with Crippen molar-refractivity contribution in [3.63, 3.8) is 0 Å². The first-order chi connectivity index (χ1) is 14.6. The molecule has 154 valence electrons. The molecule has 0 fully saturated rings. The van der Waals surface area contributed by atoms with Crippen molar-refractivity contribution in [1.82, 2.24) is 0 Å². The van der Waals surface area contributed by atoms with E-state index in [2.05, 4.69) is 12.2 Å². The van der Waals surface area contributed by atoms with Crippen molar-refractivity contribution in [3.8, 4) is 5.75 Å². The van der Waals surface area contributed by atoms with E-state index in [1.807, 2.05) is 73.7 Å². The number of benzene rings is 3. The monoisotopic (exact) mass is 420 g/mol. The van der Waals surface area contributed by atoms with Gasteiger partial charge in [-0.05, 0) is 60.9 Å². The van der Waals surface area contributed by atoms with Crippen LogP contribution < -0.4 is 15.0 Å². The molecule has 0 radical (unpaired) electrons. The first-order valence-corrected chi connectivity index (χ1v) is 10.6. The lowest BCUT2D eigenvalue weighted by atomic mass is 10.0. The minimum atomic E-state index is -0.351. The molecule has 1 amide bonds. The molecule has 1 aliphatic heterocycles. The van der Waals surface area contributed by atoms with Gasteiger partial charge >= 0.3 is 0 Å². The molecule has 0 aliphatic carbocycles. The van der Waals surface area contributed by atoms with Crippen molar-refractivity contribution >= 4 is 28.9 Å². The zero-order valence-electron chi connectivity index (χ0n) is 17.2. The molecular weight excluding hydrogens is 396 g/mol. The number of hydrogen-bond donors (Lipinski definition) is 1. The van der Waals surface area contributed by atoms with Gasteiger partial charge in [-0.1, -0.05) is 55.3 Å². The van der Waals surface area contributed by atoms with Crippen LogP contribution >= 0.6 is 11.6 Å². The summed E-state index contributed by atoms with van der Waals surface area (Å²) in [7, 11) is 0. The smallest absolute Gasteiger partial charge is 0.262 e. The summed E-state index contributed by atoms with van der Waals surface area (Å²) >= 11 is 6.38. The Morgan fingerprint density at radius 2 is 1.83 bits per heavy atom. The number of aryl methyl sites for hydroxylation is 1. The van der Waals surface area contributed by atoms with E-state index in [-0.39, 0.29) is 12.1 Å². The summed E-state index contributed by atoms with van der Waals surface area (Å²) in [6.45, 7) is 4.80. The van der Waals surface area contributed by atoms with Crippen LogP contribution in [0.2, 0.25) is 5.02 Å². The summed E-state index contributed by atoms with van der Waals surface area (Å²) in [6, 6.07) is 21.2. The summed E-state index contributed by atoms with van der Waals surface area (Å²) in [4.78, 5) is 15.2. The first kappa shape index (κ1) is 20.3. The molecule has 4 rings (SSSR count). The number of carbonyl (C=O) groups is 1. The lowest BCUT2D eigenvalue weighted by Crippen LogP contribution is -2.43. The standard InChI is InChI=1S/C25H25ClN2O2/c1-3-4-15-30-20-13-10-18(11-14-20)24-27-23-8-6-5-7-21(23)25(29)28(24)19-12-9-17(2)22(26)16-19/h5-14,16,24,27H,3-4,15H2,1-2H3/t24-/m0/s1. The highest BCUT2D eigenvalue weighted by molar-refractivity contribution is 6.31. The molecule has 1 aliphatic rings. The number of halogens is 1. The average molecular weight is 421 g/mol. The zero-order chi connectivity index (χ0) is 21.1. The van der Waals surface area contributed by atoms with Crippen LogP contribution in [-0.2, 0) is 0 Å². The largest absolute Gasteiger partial charge is 0.494 e. The van der Waals surface area contributed by atoms with Gasteiger partial charge in [0.15, 0.2) is 0 Å². The number of rotatable bonds is 6. The topological polar surface area (TPSA) is 41.6 Å². The molecule has 1 N–H and O–H groups in total. The van der Waals surface area contributed by atoms with E-state index in [9.17, 15) is 4.79 Å². The minimum Gasteiger partial charge on any atom is -0.494 e. The van der Waals surface area contributed by atoms with Gasteiger partial charge in [0.25, 0.3) is 5.91 Å². The van der Waals surface area contributed by atoms with Gasteiger partial charge in [0.2, 0.25) is 0 Å². The molecule has 4 nitrogen and oxygen atoms in total.